The lowest BCUT2D eigenvalue weighted by atomic mass is 10.1. The van der Waals surface area contributed by atoms with Gasteiger partial charge in [-0.3, -0.25) is 0 Å². The molecule has 0 N–H and O–H groups in total. The van der Waals surface area contributed by atoms with Gasteiger partial charge in [-0.1, -0.05) is 32.3 Å². The Morgan fingerprint density at radius 3 is 2.38 bits per heavy atom. The SMILES string of the molecule is CCCCCC/C=C/C(=O)OC(CC(=O)[O-])C[N+](C)(C)C. The molecule has 1 atom stereocenters. The van der Waals surface area contributed by atoms with Gasteiger partial charge in [0.1, 0.15) is 6.54 Å². The topological polar surface area (TPSA) is 66.4 Å². The van der Waals surface area contributed by atoms with E-state index in [0.29, 0.717) is 11.0 Å². The number of carboxylic acid groups (broad SMARTS) is 1. The van der Waals surface area contributed by atoms with Crippen molar-refractivity contribution in [2.45, 2.75) is 51.6 Å². The van der Waals surface area contributed by atoms with Crippen molar-refractivity contribution in [3.63, 3.8) is 0 Å². The Kier molecular flexibility index (Phi) is 9.71. The maximum atomic E-state index is 11.7. The maximum absolute atomic E-state index is 11.7. The Bertz CT molecular complexity index is 345. The summed E-state index contributed by atoms with van der Waals surface area (Å²) in [6.07, 6.45) is 7.69. The van der Waals surface area contributed by atoms with Crippen LogP contribution in [0.2, 0.25) is 0 Å². The first-order valence-electron chi connectivity index (χ1n) is 7.62. The highest BCUT2D eigenvalue weighted by molar-refractivity contribution is 5.82. The van der Waals surface area contributed by atoms with Gasteiger partial charge < -0.3 is 19.1 Å². The number of ether oxygens (including phenoxy) is 1. The summed E-state index contributed by atoms with van der Waals surface area (Å²) >= 11 is 0. The smallest absolute Gasteiger partial charge is 0.330 e. The first-order chi connectivity index (χ1) is 9.74. The summed E-state index contributed by atoms with van der Waals surface area (Å²) in [6, 6.07) is 0. The highest BCUT2D eigenvalue weighted by Gasteiger charge is 2.21. The number of nitrogens with zero attached hydrogens (tertiary/aromatic N) is 1. The largest absolute Gasteiger partial charge is 0.550 e. The second-order valence-electron chi connectivity index (χ2n) is 6.36. The van der Waals surface area contributed by atoms with Gasteiger partial charge >= 0.3 is 5.97 Å². The van der Waals surface area contributed by atoms with Gasteiger partial charge in [-0.05, 0) is 12.8 Å². The quantitative estimate of drug-likeness (QED) is 0.249. The first kappa shape index (κ1) is 19.6. The molecule has 0 heterocycles. The minimum absolute atomic E-state index is 0.272. The van der Waals surface area contributed by atoms with Crippen LogP contribution in [0.5, 0.6) is 0 Å². The van der Waals surface area contributed by atoms with Crippen LogP contribution in [0.15, 0.2) is 12.2 Å². The van der Waals surface area contributed by atoms with Gasteiger partial charge in [0, 0.05) is 18.5 Å². The highest BCUT2D eigenvalue weighted by atomic mass is 16.5. The van der Waals surface area contributed by atoms with E-state index >= 15 is 0 Å². The van der Waals surface area contributed by atoms with E-state index in [4.69, 9.17) is 4.74 Å². The van der Waals surface area contributed by atoms with Crippen molar-refractivity contribution in [1.82, 2.24) is 0 Å². The average molecular weight is 299 g/mol. The van der Waals surface area contributed by atoms with Crippen LogP contribution >= 0.6 is 0 Å². The van der Waals surface area contributed by atoms with E-state index in [1.54, 1.807) is 6.08 Å². The van der Waals surface area contributed by atoms with Crippen molar-refractivity contribution >= 4 is 11.9 Å². The molecule has 0 bridgehead atoms. The molecule has 0 aromatic heterocycles. The van der Waals surface area contributed by atoms with E-state index in [0.717, 1.165) is 19.3 Å². The Hall–Kier alpha value is -1.36. The first-order valence-corrected chi connectivity index (χ1v) is 7.62. The zero-order valence-corrected chi connectivity index (χ0v) is 13.8. The number of likely N-dealkylation sites (N-methyl/N-ethyl adjacent to an activating group) is 1. The number of unbranched alkanes of at least 4 members (excludes halogenated alkanes) is 4. The number of hydrogen-bond acceptors (Lipinski definition) is 4. The summed E-state index contributed by atoms with van der Waals surface area (Å²) in [7, 11) is 5.75. The van der Waals surface area contributed by atoms with Gasteiger partial charge in [-0.15, -0.1) is 0 Å². The predicted octanol–water partition coefficient (Wildman–Crippen LogP) is 1.27. The summed E-state index contributed by atoms with van der Waals surface area (Å²) < 4.78 is 5.72. The summed E-state index contributed by atoms with van der Waals surface area (Å²) in [4.78, 5) is 22.4. The van der Waals surface area contributed by atoms with E-state index < -0.39 is 18.0 Å². The maximum Gasteiger partial charge on any atom is 0.330 e. The van der Waals surface area contributed by atoms with Gasteiger partial charge in [-0.2, -0.15) is 0 Å². The lowest BCUT2D eigenvalue weighted by molar-refractivity contribution is -0.873. The molecule has 0 radical (unpaired) electrons. The van der Waals surface area contributed by atoms with Crippen molar-refractivity contribution < 1.29 is 23.9 Å². The monoisotopic (exact) mass is 299 g/mol. The molecule has 1 unspecified atom stereocenters. The second kappa shape index (κ2) is 10.4. The van der Waals surface area contributed by atoms with Crippen LogP contribution in [0.3, 0.4) is 0 Å². The van der Waals surface area contributed by atoms with Crippen molar-refractivity contribution in [2.75, 3.05) is 27.7 Å². The lowest BCUT2D eigenvalue weighted by Crippen LogP contribution is -2.45. The molecule has 0 spiro atoms. The predicted molar refractivity (Wildman–Crippen MR) is 80.3 cm³/mol. The third kappa shape index (κ3) is 13.4. The van der Waals surface area contributed by atoms with Gasteiger partial charge in [0.15, 0.2) is 6.10 Å². The van der Waals surface area contributed by atoms with Gasteiger partial charge in [0.05, 0.1) is 21.1 Å². The third-order valence-corrected chi connectivity index (χ3v) is 2.91. The van der Waals surface area contributed by atoms with E-state index in [1.165, 1.54) is 18.9 Å². The number of rotatable bonds is 11. The molecule has 0 aliphatic rings. The van der Waals surface area contributed by atoms with Crippen molar-refractivity contribution in [2.24, 2.45) is 0 Å². The molecular weight excluding hydrogens is 270 g/mol. The molecule has 0 aromatic rings. The van der Waals surface area contributed by atoms with E-state index in [9.17, 15) is 14.7 Å². The fraction of sp³-hybridized carbons (Fsp3) is 0.750. The van der Waals surface area contributed by atoms with Crippen LogP contribution in [0.25, 0.3) is 0 Å². The molecule has 122 valence electrons. The molecule has 0 aliphatic carbocycles. The van der Waals surface area contributed by atoms with Crippen molar-refractivity contribution in [3.05, 3.63) is 12.2 Å². The van der Waals surface area contributed by atoms with Crippen molar-refractivity contribution in [3.8, 4) is 0 Å². The highest BCUT2D eigenvalue weighted by Crippen LogP contribution is 2.06. The average Bonchev–Trinajstić information content (AvgIpc) is 2.30. The Labute approximate surface area is 128 Å². The summed E-state index contributed by atoms with van der Waals surface area (Å²) in [6.45, 7) is 2.59. The molecule has 0 rings (SSSR count). The zero-order valence-electron chi connectivity index (χ0n) is 13.8. The number of allylic oxidation sites excluding steroid dienone is 1. The number of carbonyl (C=O) groups excluding carboxylic acids is 2. The van der Waals surface area contributed by atoms with Crippen molar-refractivity contribution in [1.29, 1.82) is 0 Å². The fourth-order valence-electron chi connectivity index (χ4n) is 2.01. The fourth-order valence-corrected chi connectivity index (χ4v) is 2.01. The van der Waals surface area contributed by atoms with Crippen LogP contribution in [0.4, 0.5) is 0 Å². The molecule has 5 heteroatoms. The molecule has 0 aromatic carbocycles. The Balaban J connectivity index is 4.20. The molecule has 0 saturated carbocycles. The van der Waals surface area contributed by atoms with Gasteiger partial charge in [0.2, 0.25) is 0 Å². The molecule has 0 amide bonds. The molecule has 0 saturated heterocycles. The zero-order chi connectivity index (χ0) is 16.3. The standard InChI is InChI=1S/C16H29NO4/c1-5-6-7-8-9-10-11-16(20)21-14(12-15(18)19)13-17(2,3)4/h10-11,14H,5-9,12-13H2,1-4H3/b11-10+. The summed E-state index contributed by atoms with van der Waals surface area (Å²) in [5, 5.41) is 10.7. The minimum atomic E-state index is -1.20. The number of carboxylic acids is 1. The van der Waals surface area contributed by atoms with E-state index in [1.807, 2.05) is 21.1 Å². The Morgan fingerprint density at radius 2 is 1.86 bits per heavy atom. The second-order valence-corrected chi connectivity index (χ2v) is 6.36. The van der Waals surface area contributed by atoms with Gasteiger partial charge in [-0.25, -0.2) is 4.79 Å². The van der Waals surface area contributed by atoms with Crippen LogP contribution in [-0.4, -0.2) is 50.2 Å². The number of aliphatic carboxylic acids is 1. The van der Waals surface area contributed by atoms with Gasteiger partial charge in [0.25, 0.3) is 0 Å². The summed E-state index contributed by atoms with van der Waals surface area (Å²) in [5.41, 5.74) is 0. The van der Waals surface area contributed by atoms with Crippen LogP contribution in [-0.2, 0) is 14.3 Å². The molecule has 5 nitrogen and oxygen atoms in total. The van der Waals surface area contributed by atoms with Crippen LogP contribution in [0, 0.1) is 0 Å². The number of esters is 1. The van der Waals surface area contributed by atoms with E-state index in [-0.39, 0.29) is 6.42 Å². The van der Waals surface area contributed by atoms with E-state index in [2.05, 4.69) is 6.92 Å². The Morgan fingerprint density at radius 1 is 1.19 bits per heavy atom. The number of carbonyl (C=O) groups is 2. The number of quaternary nitrogens is 1. The molecule has 0 fully saturated rings. The normalized spacial score (nSPS) is 13.3. The lowest BCUT2D eigenvalue weighted by Gasteiger charge is -2.29. The number of hydrogen-bond donors (Lipinski definition) is 0. The molecule has 21 heavy (non-hydrogen) atoms. The summed E-state index contributed by atoms with van der Waals surface area (Å²) in [5.74, 6) is -1.69. The molecular formula is C16H29NO4. The van der Waals surface area contributed by atoms with Crippen LogP contribution in [0.1, 0.15) is 45.4 Å². The minimum Gasteiger partial charge on any atom is -0.550 e. The molecule has 0 aliphatic heterocycles. The van der Waals surface area contributed by atoms with Crippen LogP contribution < -0.4 is 5.11 Å². The third-order valence-electron chi connectivity index (χ3n) is 2.91.